The van der Waals surface area contributed by atoms with Crippen molar-refractivity contribution in [2.75, 3.05) is 6.54 Å². The molecule has 0 spiro atoms. The zero-order valence-electron chi connectivity index (χ0n) is 14.6. The van der Waals surface area contributed by atoms with Crippen LogP contribution in [-0.4, -0.2) is 20.1 Å². The zero-order chi connectivity index (χ0) is 18.8. The van der Waals surface area contributed by atoms with Crippen molar-refractivity contribution < 1.29 is 17.9 Å². The van der Waals surface area contributed by atoms with Crippen molar-refractivity contribution in [3.05, 3.63) is 76.9 Å². The molecule has 5 nitrogen and oxygen atoms in total. The van der Waals surface area contributed by atoms with Gasteiger partial charge in [0.05, 0.1) is 0 Å². The van der Waals surface area contributed by atoms with Crippen molar-refractivity contribution in [3.63, 3.8) is 0 Å². The van der Waals surface area contributed by atoms with E-state index in [9.17, 15) is 13.5 Å². The van der Waals surface area contributed by atoms with E-state index in [4.69, 9.17) is 4.42 Å². The largest absolute Gasteiger partial charge is 0.458 e. The third-order valence-corrected chi connectivity index (χ3v) is 5.13. The Hall–Kier alpha value is -2.41. The average molecular weight is 371 g/mol. The van der Waals surface area contributed by atoms with Crippen LogP contribution in [0.5, 0.6) is 0 Å². The number of benzene rings is 2. The van der Waals surface area contributed by atoms with E-state index in [0.29, 0.717) is 11.3 Å². The lowest BCUT2D eigenvalue weighted by molar-refractivity contribution is 0.0412. The van der Waals surface area contributed by atoms with E-state index in [-0.39, 0.29) is 6.54 Å². The minimum absolute atomic E-state index is 0.201. The van der Waals surface area contributed by atoms with Gasteiger partial charge >= 0.3 is 0 Å². The lowest BCUT2D eigenvalue weighted by Crippen LogP contribution is -2.37. The van der Waals surface area contributed by atoms with Gasteiger partial charge in [-0.25, -0.2) is 13.1 Å². The Bertz CT molecular complexity index is 998. The molecule has 2 aromatic carbocycles. The summed E-state index contributed by atoms with van der Waals surface area (Å²) in [5, 5.41) is 12.6. The molecule has 0 aliphatic carbocycles. The highest BCUT2D eigenvalue weighted by Gasteiger charge is 2.28. The van der Waals surface area contributed by atoms with Gasteiger partial charge in [0, 0.05) is 17.3 Å². The number of furan rings is 1. The quantitative estimate of drug-likeness (QED) is 0.695. The van der Waals surface area contributed by atoms with Gasteiger partial charge in [0.15, 0.2) is 0 Å². The first-order valence-electron chi connectivity index (χ1n) is 8.21. The molecule has 0 aliphatic rings. The molecule has 1 unspecified atom stereocenters. The molecule has 0 bridgehead atoms. The van der Waals surface area contributed by atoms with Gasteiger partial charge in [-0.15, -0.1) is 0 Å². The number of sulfonamides is 1. The zero-order valence-corrected chi connectivity index (χ0v) is 15.5. The Kier molecular flexibility index (Phi) is 5.00. The predicted molar refractivity (Wildman–Crippen MR) is 103 cm³/mol. The van der Waals surface area contributed by atoms with Crippen molar-refractivity contribution in [1.82, 2.24) is 4.72 Å². The van der Waals surface area contributed by atoms with Crippen molar-refractivity contribution in [3.8, 4) is 0 Å². The van der Waals surface area contributed by atoms with Crippen LogP contribution in [-0.2, 0) is 15.6 Å². The fraction of sp³-hybridized carbons (Fsp3) is 0.200. The van der Waals surface area contributed by atoms with Gasteiger partial charge < -0.3 is 9.52 Å². The summed E-state index contributed by atoms with van der Waals surface area (Å²) in [6.07, 6.45) is 1.51. The second-order valence-corrected chi connectivity index (χ2v) is 8.15. The van der Waals surface area contributed by atoms with Crippen LogP contribution in [0.4, 0.5) is 0 Å². The average Bonchev–Trinajstić information content (AvgIpc) is 3.05. The van der Waals surface area contributed by atoms with E-state index in [1.54, 1.807) is 12.1 Å². The maximum atomic E-state index is 12.2. The van der Waals surface area contributed by atoms with E-state index >= 15 is 0 Å². The number of para-hydroxylation sites is 1. The van der Waals surface area contributed by atoms with Crippen LogP contribution in [0.25, 0.3) is 17.0 Å². The van der Waals surface area contributed by atoms with E-state index in [2.05, 4.69) is 4.72 Å². The molecular weight excluding hydrogens is 350 g/mol. The van der Waals surface area contributed by atoms with Crippen LogP contribution < -0.4 is 4.72 Å². The van der Waals surface area contributed by atoms with Gasteiger partial charge in [-0.3, -0.25) is 0 Å². The monoisotopic (exact) mass is 371 g/mol. The maximum Gasteiger partial charge on any atom is 0.233 e. The predicted octanol–water partition coefficient (Wildman–Crippen LogP) is 3.54. The number of aliphatic hydroxyl groups is 1. The molecule has 3 rings (SSSR count). The summed E-state index contributed by atoms with van der Waals surface area (Å²) in [6, 6.07) is 16.6. The highest BCUT2D eigenvalue weighted by molar-refractivity contribution is 7.92. The SMILES string of the molecule is Cc1ccc(C=CS(=O)(=O)NCC(C)(O)c2cc3ccccc3o2)cc1. The van der Waals surface area contributed by atoms with E-state index in [1.165, 1.54) is 13.0 Å². The first kappa shape index (κ1) is 18.4. The first-order chi connectivity index (χ1) is 12.3. The van der Waals surface area contributed by atoms with Crippen LogP contribution in [0.3, 0.4) is 0 Å². The van der Waals surface area contributed by atoms with Gasteiger partial charge in [-0.1, -0.05) is 48.0 Å². The smallest absolute Gasteiger partial charge is 0.233 e. The number of rotatable bonds is 6. The van der Waals surface area contributed by atoms with Gasteiger partial charge in [0.25, 0.3) is 0 Å². The van der Waals surface area contributed by atoms with Crippen LogP contribution >= 0.6 is 0 Å². The van der Waals surface area contributed by atoms with Gasteiger partial charge in [0.1, 0.15) is 16.9 Å². The molecule has 1 atom stereocenters. The van der Waals surface area contributed by atoms with Gasteiger partial charge in [0.2, 0.25) is 10.0 Å². The van der Waals surface area contributed by atoms with Crippen molar-refractivity contribution >= 4 is 27.1 Å². The van der Waals surface area contributed by atoms with E-state index < -0.39 is 15.6 Å². The summed E-state index contributed by atoms with van der Waals surface area (Å²) < 4.78 is 32.4. The maximum absolute atomic E-state index is 12.2. The van der Waals surface area contributed by atoms with Gasteiger partial charge in [-0.05, 0) is 37.6 Å². The third kappa shape index (κ3) is 4.40. The Morgan fingerprint density at radius 3 is 2.54 bits per heavy atom. The van der Waals surface area contributed by atoms with Crippen LogP contribution in [0.15, 0.2) is 64.4 Å². The minimum atomic E-state index is -3.69. The molecule has 2 N–H and O–H groups in total. The molecule has 136 valence electrons. The molecular formula is C20H21NO4S. The standard InChI is InChI=1S/C20H21NO4S/c1-15-7-9-16(10-8-15)11-12-26(23,24)21-14-20(2,22)19-13-17-5-3-4-6-18(17)25-19/h3-13,21-22H,14H2,1-2H3. The van der Waals surface area contributed by atoms with Crippen LogP contribution in [0.2, 0.25) is 0 Å². The van der Waals surface area contributed by atoms with Crippen molar-refractivity contribution in [2.45, 2.75) is 19.4 Å². The Balaban J connectivity index is 1.70. The highest BCUT2D eigenvalue weighted by Crippen LogP contribution is 2.27. The molecule has 0 fully saturated rings. The van der Waals surface area contributed by atoms with Gasteiger partial charge in [-0.2, -0.15) is 0 Å². The molecule has 6 heteroatoms. The summed E-state index contributed by atoms with van der Waals surface area (Å²) in [5.74, 6) is 0.309. The van der Waals surface area contributed by atoms with E-state index in [1.807, 2.05) is 49.4 Å². The molecule has 26 heavy (non-hydrogen) atoms. The molecule has 0 saturated carbocycles. The molecule has 1 heterocycles. The number of fused-ring (bicyclic) bond motifs is 1. The fourth-order valence-electron chi connectivity index (χ4n) is 2.47. The second-order valence-electron chi connectivity index (χ2n) is 6.50. The molecule has 0 aliphatic heterocycles. The fourth-order valence-corrected chi connectivity index (χ4v) is 3.38. The summed E-state index contributed by atoms with van der Waals surface area (Å²) in [5.41, 5.74) is 1.06. The first-order valence-corrected chi connectivity index (χ1v) is 9.76. The number of aryl methyl sites for hydroxylation is 1. The Morgan fingerprint density at radius 2 is 1.85 bits per heavy atom. The summed E-state index contributed by atoms with van der Waals surface area (Å²) in [7, 11) is -3.69. The number of hydrogen-bond acceptors (Lipinski definition) is 4. The Labute approximate surface area is 153 Å². The number of hydrogen-bond donors (Lipinski definition) is 2. The molecule has 0 amide bonds. The minimum Gasteiger partial charge on any atom is -0.458 e. The van der Waals surface area contributed by atoms with Crippen LogP contribution in [0.1, 0.15) is 23.8 Å². The number of nitrogens with one attached hydrogen (secondary N) is 1. The van der Waals surface area contributed by atoms with Crippen molar-refractivity contribution in [2.24, 2.45) is 0 Å². The molecule has 3 aromatic rings. The van der Waals surface area contributed by atoms with Crippen LogP contribution in [0, 0.1) is 6.92 Å². The Morgan fingerprint density at radius 1 is 1.15 bits per heavy atom. The normalized spacial score (nSPS) is 14.7. The summed E-state index contributed by atoms with van der Waals surface area (Å²) >= 11 is 0. The lowest BCUT2D eigenvalue weighted by Gasteiger charge is -2.20. The third-order valence-electron chi connectivity index (χ3n) is 4.09. The molecule has 0 radical (unpaired) electrons. The topological polar surface area (TPSA) is 79.5 Å². The molecule has 0 saturated heterocycles. The lowest BCUT2D eigenvalue weighted by atomic mass is 10.0. The summed E-state index contributed by atoms with van der Waals surface area (Å²) in [6.45, 7) is 3.27. The second kappa shape index (κ2) is 7.07. The highest BCUT2D eigenvalue weighted by atomic mass is 32.2. The summed E-state index contributed by atoms with van der Waals surface area (Å²) in [4.78, 5) is 0. The van der Waals surface area contributed by atoms with Crippen molar-refractivity contribution in [1.29, 1.82) is 0 Å². The van der Waals surface area contributed by atoms with E-state index in [0.717, 1.165) is 21.9 Å². The molecule has 1 aromatic heterocycles.